The molecule has 0 amide bonds. The summed E-state index contributed by atoms with van der Waals surface area (Å²) in [6.45, 7) is 4.49. The van der Waals surface area contributed by atoms with E-state index in [0.29, 0.717) is 0 Å². The Kier molecular flexibility index (Phi) is 16.2. The van der Waals surface area contributed by atoms with Crippen LogP contribution in [0.3, 0.4) is 0 Å². The van der Waals surface area contributed by atoms with Crippen LogP contribution in [0.25, 0.3) is 0 Å². The smallest absolute Gasteiger partial charge is 0.344 e. The molecular weight excluding hydrogens is 290 g/mol. The van der Waals surface area contributed by atoms with Crippen LogP contribution in [0.2, 0.25) is 0 Å². The van der Waals surface area contributed by atoms with Crippen molar-refractivity contribution in [3.05, 3.63) is 0 Å². The van der Waals surface area contributed by atoms with Crippen molar-refractivity contribution in [1.29, 1.82) is 0 Å². The molecule has 0 fully saturated rings. The van der Waals surface area contributed by atoms with Crippen LogP contribution < -0.4 is 6.15 Å². The van der Waals surface area contributed by atoms with Gasteiger partial charge in [0.1, 0.15) is 0 Å². The topological polar surface area (TPSA) is 98.6 Å². The van der Waals surface area contributed by atoms with Gasteiger partial charge >= 0.3 is 10.4 Å². The number of unbranched alkanes of at least 4 members (excludes halogenated alkanes) is 7. The molecule has 4 N–H and O–H groups in total. The van der Waals surface area contributed by atoms with Crippen molar-refractivity contribution in [2.75, 3.05) is 6.61 Å². The second-order valence-corrected chi connectivity index (χ2v) is 6.72. The lowest BCUT2D eigenvalue weighted by Crippen LogP contribution is -2.14. The van der Waals surface area contributed by atoms with Crippen LogP contribution in [-0.4, -0.2) is 19.6 Å². The molecule has 0 aromatic heterocycles. The summed E-state index contributed by atoms with van der Waals surface area (Å²) >= 11 is 0. The standard InChI is InChI=1S/C15H32O4S.H3N/c1-3-5-7-9-11-13-15(12-10-8-6-4-2)14-19-20(16,17)18;/h15H,3-14H2,1-2H3,(H,16,17,18);1H3. The first-order chi connectivity index (χ1) is 9.49. The van der Waals surface area contributed by atoms with Gasteiger partial charge in [-0.2, -0.15) is 8.42 Å². The minimum atomic E-state index is -4.29. The first-order valence-electron chi connectivity index (χ1n) is 8.11. The van der Waals surface area contributed by atoms with Gasteiger partial charge in [-0.15, -0.1) is 0 Å². The largest absolute Gasteiger partial charge is 0.397 e. The zero-order chi connectivity index (χ0) is 15.3. The molecular formula is C15H35NO4S. The highest BCUT2D eigenvalue weighted by atomic mass is 32.3. The zero-order valence-electron chi connectivity index (χ0n) is 13.8. The molecule has 130 valence electrons. The van der Waals surface area contributed by atoms with Crippen molar-refractivity contribution in [3.8, 4) is 0 Å². The van der Waals surface area contributed by atoms with E-state index in [1.165, 1.54) is 44.9 Å². The summed E-state index contributed by atoms with van der Waals surface area (Å²) in [6, 6.07) is 0. The molecule has 0 aromatic rings. The normalized spacial score (nSPS) is 12.9. The Morgan fingerprint density at radius 2 is 1.29 bits per heavy atom. The minimum absolute atomic E-state index is 0. The van der Waals surface area contributed by atoms with E-state index in [1.807, 2.05) is 0 Å². The van der Waals surface area contributed by atoms with Gasteiger partial charge in [0.15, 0.2) is 0 Å². The van der Waals surface area contributed by atoms with Gasteiger partial charge in [-0.3, -0.25) is 4.55 Å². The maximum absolute atomic E-state index is 10.7. The Morgan fingerprint density at radius 1 is 0.857 bits per heavy atom. The summed E-state index contributed by atoms with van der Waals surface area (Å²) in [6.07, 6.45) is 12.8. The summed E-state index contributed by atoms with van der Waals surface area (Å²) in [5.41, 5.74) is 0. The molecule has 0 heterocycles. The van der Waals surface area contributed by atoms with Crippen molar-refractivity contribution in [1.82, 2.24) is 6.15 Å². The van der Waals surface area contributed by atoms with E-state index >= 15 is 0 Å². The molecule has 0 spiro atoms. The van der Waals surface area contributed by atoms with Crippen LogP contribution in [0.1, 0.15) is 84.5 Å². The fourth-order valence-corrected chi connectivity index (χ4v) is 2.75. The molecule has 1 unspecified atom stereocenters. The highest BCUT2D eigenvalue weighted by Crippen LogP contribution is 2.19. The van der Waals surface area contributed by atoms with Crippen molar-refractivity contribution in [2.45, 2.75) is 84.5 Å². The third-order valence-electron chi connectivity index (χ3n) is 3.63. The van der Waals surface area contributed by atoms with E-state index in [1.54, 1.807) is 0 Å². The Balaban J connectivity index is 0. The molecule has 21 heavy (non-hydrogen) atoms. The summed E-state index contributed by atoms with van der Waals surface area (Å²) in [5.74, 6) is 0.246. The number of rotatable bonds is 14. The predicted octanol–water partition coefficient (Wildman–Crippen LogP) is 4.91. The lowest BCUT2D eigenvalue weighted by Gasteiger charge is -2.15. The van der Waals surface area contributed by atoms with Crippen LogP contribution in [0.5, 0.6) is 0 Å². The van der Waals surface area contributed by atoms with Crippen molar-refractivity contribution in [3.63, 3.8) is 0 Å². The minimum Gasteiger partial charge on any atom is -0.344 e. The SMILES string of the molecule is CCCCCCCC(CCCCCC)COS(=O)(=O)O.N. The number of hydrogen-bond donors (Lipinski definition) is 2. The molecule has 6 heteroatoms. The second-order valence-electron chi connectivity index (χ2n) is 5.63. The lowest BCUT2D eigenvalue weighted by atomic mass is 9.95. The van der Waals surface area contributed by atoms with Gasteiger partial charge < -0.3 is 6.15 Å². The fourth-order valence-electron chi connectivity index (χ4n) is 2.39. The van der Waals surface area contributed by atoms with Crippen LogP contribution in [0, 0.1) is 5.92 Å². The molecule has 0 aliphatic rings. The fraction of sp³-hybridized carbons (Fsp3) is 1.00. The molecule has 5 nitrogen and oxygen atoms in total. The third-order valence-corrected chi connectivity index (χ3v) is 4.07. The summed E-state index contributed by atoms with van der Waals surface area (Å²) in [5, 5.41) is 0. The van der Waals surface area contributed by atoms with Gasteiger partial charge in [-0.05, 0) is 18.8 Å². The predicted molar refractivity (Wildman–Crippen MR) is 88.1 cm³/mol. The average molecular weight is 326 g/mol. The summed E-state index contributed by atoms with van der Waals surface area (Å²) in [4.78, 5) is 0. The Morgan fingerprint density at radius 3 is 1.71 bits per heavy atom. The zero-order valence-corrected chi connectivity index (χ0v) is 14.7. The van der Waals surface area contributed by atoms with Gasteiger partial charge in [-0.25, -0.2) is 4.18 Å². The highest BCUT2D eigenvalue weighted by molar-refractivity contribution is 7.80. The molecule has 0 rings (SSSR count). The first kappa shape index (κ1) is 23.1. The third kappa shape index (κ3) is 17.8. The molecule has 1 atom stereocenters. The maximum atomic E-state index is 10.7. The van der Waals surface area contributed by atoms with E-state index in [2.05, 4.69) is 18.0 Å². The molecule has 0 aliphatic heterocycles. The van der Waals surface area contributed by atoms with Crippen LogP contribution in [0.4, 0.5) is 0 Å². The Hall–Kier alpha value is -0.170. The van der Waals surface area contributed by atoms with Crippen LogP contribution in [0.15, 0.2) is 0 Å². The van der Waals surface area contributed by atoms with Gasteiger partial charge in [0.25, 0.3) is 0 Å². The molecule has 0 aliphatic carbocycles. The number of hydrogen-bond acceptors (Lipinski definition) is 4. The second kappa shape index (κ2) is 14.8. The molecule has 0 saturated carbocycles. The van der Waals surface area contributed by atoms with E-state index in [-0.39, 0.29) is 18.7 Å². The van der Waals surface area contributed by atoms with Gasteiger partial charge in [0.05, 0.1) is 6.61 Å². The van der Waals surface area contributed by atoms with Gasteiger partial charge in [-0.1, -0.05) is 71.6 Å². The lowest BCUT2D eigenvalue weighted by molar-refractivity contribution is 0.204. The molecule has 0 bridgehead atoms. The van der Waals surface area contributed by atoms with Gasteiger partial charge in [0.2, 0.25) is 0 Å². The van der Waals surface area contributed by atoms with E-state index < -0.39 is 10.4 Å². The van der Waals surface area contributed by atoms with E-state index in [4.69, 9.17) is 4.55 Å². The monoisotopic (exact) mass is 325 g/mol. The highest BCUT2D eigenvalue weighted by Gasteiger charge is 2.13. The van der Waals surface area contributed by atoms with E-state index in [0.717, 1.165) is 25.7 Å². The maximum Gasteiger partial charge on any atom is 0.397 e. The van der Waals surface area contributed by atoms with Crippen molar-refractivity contribution >= 4 is 10.4 Å². The molecule has 0 aromatic carbocycles. The van der Waals surface area contributed by atoms with Gasteiger partial charge in [0, 0.05) is 0 Å². The Bertz CT molecular complexity index is 307. The summed E-state index contributed by atoms with van der Waals surface area (Å²) < 4.78 is 34.5. The molecule has 0 radical (unpaired) electrons. The van der Waals surface area contributed by atoms with Crippen molar-refractivity contribution in [2.24, 2.45) is 5.92 Å². The summed E-state index contributed by atoms with van der Waals surface area (Å²) in [7, 11) is -4.29. The quantitative estimate of drug-likeness (QED) is 0.349. The van der Waals surface area contributed by atoms with Crippen molar-refractivity contribution < 1.29 is 17.2 Å². The average Bonchev–Trinajstić information content (AvgIpc) is 2.38. The Labute approximate surface area is 131 Å². The molecule has 0 saturated heterocycles. The van der Waals surface area contributed by atoms with E-state index in [9.17, 15) is 8.42 Å². The first-order valence-corrected chi connectivity index (χ1v) is 9.48. The van der Waals surface area contributed by atoms with Crippen LogP contribution >= 0.6 is 0 Å². The van der Waals surface area contributed by atoms with Crippen LogP contribution in [-0.2, 0) is 14.6 Å².